The molecular weight excluding hydrogens is 432 g/mol. The minimum absolute atomic E-state index is 0.0723. The first-order chi connectivity index (χ1) is 16.3. The van der Waals surface area contributed by atoms with Gasteiger partial charge in [0, 0.05) is 30.3 Å². The van der Waals surface area contributed by atoms with Gasteiger partial charge in [0.05, 0.1) is 5.69 Å². The van der Waals surface area contributed by atoms with Crippen LogP contribution in [0.4, 0.5) is 0 Å². The van der Waals surface area contributed by atoms with Crippen LogP contribution in [-0.2, 0) is 12.2 Å². The van der Waals surface area contributed by atoms with E-state index in [1.165, 1.54) is 11.8 Å². The molecule has 0 fully saturated rings. The van der Waals surface area contributed by atoms with E-state index in [1.807, 2.05) is 77.6 Å². The molecule has 0 saturated carbocycles. The quantitative estimate of drug-likeness (QED) is 0.323. The fraction of sp³-hybridized carbons (Fsp3) is 0.115. The summed E-state index contributed by atoms with van der Waals surface area (Å²) in [5.74, 6) is 0.530. The topological polar surface area (TPSA) is 73.0 Å². The summed E-state index contributed by atoms with van der Waals surface area (Å²) in [6, 6.07) is 25.4. The molecule has 164 valence electrons. The molecule has 7 heteroatoms. The molecule has 2 heterocycles. The fourth-order valence-electron chi connectivity index (χ4n) is 3.57. The van der Waals surface area contributed by atoms with E-state index in [9.17, 15) is 4.79 Å². The number of para-hydroxylation sites is 2. The van der Waals surface area contributed by atoms with Crippen molar-refractivity contribution in [1.82, 2.24) is 20.1 Å². The van der Waals surface area contributed by atoms with E-state index in [2.05, 4.69) is 27.5 Å². The van der Waals surface area contributed by atoms with E-state index in [1.54, 1.807) is 6.20 Å². The number of aromatic nitrogens is 3. The number of benzene rings is 3. The Balaban J connectivity index is 1.18. The molecule has 6 nitrogen and oxygen atoms in total. The monoisotopic (exact) mass is 454 g/mol. The molecule has 0 bridgehead atoms. The Bertz CT molecular complexity index is 1330. The second-order valence-corrected chi connectivity index (χ2v) is 8.44. The molecule has 0 aliphatic heterocycles. The molecule has 5 rings (SSSR count). The van der Waals surface area contributed by atoms with Crippen molar-refractivity contribution in [2.75, 3.05) is 6.54 Å². The lowest BCUT2D eigenvalue weighted by Gasteiger charge is -2.10. The van der Waals surface area contributed by atoms with Gasteiger partial charge in [0.1, 0.15) is 5.52 Å². The molecule has 33 heavy (non-hydrogen) atoms. The molecule has 5 aromatic rings. The van der Waals surface area contributed by atoms with E-state index < -0.39 is 0 Å². The highest BCUT2D eigenvalue weighted by atomic mass is 32.2. The molecule has 3 aromatic carbocycles. The maximum absolute atomic E-state index is 12.8. The first kappa shape index (κ1) is 21.0. The van der Waals surface area contributed by atoms with Gasteiger partial charge in [0.2, 0.25) is 0 Å². The summed E-state index contributed by atoms with van der Waals surface area (Å²) in [5.41, 5.74) is 5.40. The molecule has 0 atom stereocenters. The van der Waals surface area contributed by atoms with Gasteiger partial charge in [-0.3, -0.25) is 4.79 Å². The van der Waals surface area contributed by atoms with Crippen molar-refractivity contribution in [1.29, 1.82) is 0 Å². The summed E-state index contributed by atoms with van der Waals surface area (Å²) in [6.07, 6.45) is 4.42. The Labute approximate surface area is 195 Å². The van der Waals surface area contributed by atoms with Crippen molar-refractivity contribution in [3.8, 4) is 5.69 Å². The van der Waals surface area contributed by atoms with Gasteiger partial charge in [0.25, 0.3) is 11.1 Å². The van der Waals surface area contributed by atoms with Gasteiger partial charge in [-0.2, -0.15) is 5.10 Å². The van der Waals surface area contributed by atoms with Gasteiger partial charge >= 0.3 is 0 Å². The molecule has 0 spiro atoms. The van der Waals surface area contributed by atoms with Gasteiger partial charge in [-0.1, -0.05) is 54.2 Å². The van der Waals surface area contributed by atoms with Gasteiger partial charge in [-0.25, -0.2) is 9.67 Å². The largest absolute Gasteiger partial charge is 0.431 e. The Morgan fingerprint density at radius 3 is 2.61 bits per heavy atom. The predicted octanol–water partition coefficient (Wildman–Crippen LogP) is 5.28. The minimum Gasteiger partial charge on any atom is -0.431 e. The Hall–Kier alpha value is -3.84. The zero-order valence-electron chi connectivity index (χ0n) is 17.8. The second-order valence-electron chi connectivity index (χ2n) is 7.52. The average molecular weight is 455 g/mol. The molecule has 0 radical (unpaired) electrons. The highest BCUT2D eigenvalue weighted by Crippen LogP contribution is 2.27. The van der Waals surface area contributed by atoms with Crippen molar-refractivity contribution < 1.29 is 9.21 Å². The van der Waals surface area contributed by atoms with Crippen molar-refractivity contribution in [2.24, 2.45) is 0 Å². The highest BCUT2D eigenvalue weighted by molar-refractivity contribution is 7.98. The maximum atomic E-state index is 12.8. The van der Waals surface area contributed by atoms with Crippen LogP contribution in [-0.4, -0.2) is 27.2 Å². The summed E-state index contributed by atoms with van der Waals surface area (Å²) in [4.78, 5) is 17.3. The lowest BCUT2D eigenvalue weighted by molar-refractivity contribution is 0.0953. The van der Waals surface area contributed by atoms with Crippen molar-refractivity contribution in [3.05, 3.63) is 108 Å². The molecule has 0 aliphatic rings. The number of nitrogens with one attached hydrogen (secondary N) is 1. The van der Waals surface area contributed by atoms with Crippen LogP contribution in [0.1, 0.15) is 21.5 Å². The number of rotatable bonds is 8. The van der Waals surface area contributed by atoms with Crippen molar-refractivity contribution >= 4 is 28.8 Å². The van der Waals surface area contributed by atoms with Crippen LogP contribution in [0.2, 0.25) is 0 Å². The van der Waals surface area contributed by atoms with Gasteiger partial charge < -0.3 is 9.73 Å². The van der Waals surface area contributed by atoms with Crippen LogP contribution >= 0.6 is 11.8 Å². The molecular formula is C26H22N4O2S. The Kier molecular flexibility index (Phi) is 6.21. The number of hydrogen-bond donors (Lipinski definition) is 1. The third kappa shape index (κ3) is 4.99. The zero-order valence-corrected chi connectivity index (χ0v) is 18.7. The average Bonchev–Trinajstić information content (AvgIpc) is 3.53. The molecule has 0 saturated heterocycles. The molecule has 2 aromatic heterocycles. The number of nitrogens with zero attached hydrogens (tertiary/aromatic N) is 3. The van der Waals surface area contributed by atoms with E-state index in [4.69, 9.17) is 4.42 Å². The summed E-state index contributed by atoms with van der Waals surface area (Å²) < 4.78 is 7.60. The second kappa shape index (κ2) is 9.75. The van der Waals surface area contributed by atoms with Crippen LogP contribution in [0.5, 0.6) is 0 Å². The third-order valence-corrected chi connectivity index (χ3v) is 6.17. The lowest BCUT2D eigenvalue weighted by atomic mass is 10.1. The molecule has 0 unspecified atom stereocenters. The summed E-state index contributed by atoms with van der Waals surface area (Å²) >= 11 is 1.49. The number of carbonyl (C=O) groups excluding carboxylic acids is 1. The van der Waals surface area contributed by atoms with Crippen LogP contribution in [0, 0.1) is 0 Å². The van der Waals surface area contributed by atoms with E-state index in [0.717, 1.165) is 34.3 Å². The van der Waals surface area contributed by atoms with Crippen molar-refractivity contribution in [3.63, 3.8) is 0 Å². The predicted molar refractivity (Wildman–Crippen MR) is 130 cm³/mol. The SMILES string of the molecule is O=C(NCCc1ccc(-n2cccn2)cc1)c1ccccc1CSc1nc2ccccc2o1. The van der Waals surface area contributed by atoms with Crippen LogP contribution < -0.4 is 5.32 Å². The smallest absolute Gasteiger partial charge is 0.257 e. The summed E-state index contributed by atoms with van der Waals surface area (Å²) in [6.45, 7) is 0.562. The van der Waals surface area contributed by atoms with E-state index >= 15 is 0 Å². The van der Waals surface area contributed by atoms with E-state index in [0.29, 0.717) is 23.1 Å². The van der Waals surface area contributed by atoms with Crippen molar-refractivity contribution in [2.45, 2.75) is 17.4 Å². The standard InChI is InChI=1S/C26H22N4O2S/c31-25(27-16-14-19-10-12-21(13-11-19)30-17-5-15-28-30)22-7-2-1-6-20(22)18-33-26-29-23-8-3-4-9-24(23)32-26/h1-13,15,17H,14,16,18H2,(H,27,31). The Morgan fingerprint density at radius 2 is 1.79 bits per heavy atom. The lowest BCUT2D eigenvalue weighted by Crippen LogP contribution is -2.26. The van der Waals surface area contributed by atoms with Gasteiger partial charge in [-0.15, -0.1) is 0 Å². The first-order valence-electron chi connectivity index (χ1n) is 10.7. The van der Waals surface area contributed by atoms with Crippen LogP contribution in [0.15, 0.2) is 101 Å². The van der Waals surface area contributed by atoms with Crippen LogP contribution in [0.3, 0.4) is 0 Å². The van der Waals surface area contributed by atoms with E-state index in [-0.39, 0.29) is 5.91 Å². The maximum Gasteiger partial charge on any atom is 0.257 e. The minimum atomic E-state index is -0.0723. The summed E-state index contributed by atoms with van der Waals surface area (Å²) in [5, 5.41) is 7.88. The summed E-state index contributed by atoms with van der Waals surface area (Å²) in [7, 11) is 0. The number of fused-ring (bicyclic) bond motifs is 1. The number of thioether (sulfide) groups is 1. The van der Waals surface area contributed by atoms with Gasteiger partial charge in [-0.05, 0) is 53.9 Å². The molecule has 1 N–H and O–H groups in total. The van der Waals surface area contributed by atoms with Crippen LogP contribution in [0.25, 0.3) is 16.8 Å². The third-order valence-electron chi connectivity index (χ3n) is 5.29. The number of amides is 1. The first-order valence-corrected chi connectivity index (χ1v) is 11.7. The fourth-order valence-corrected chi connectivity index (χ4v) is 4.41. The molecule has 1 amide bonds. The normalized spacial score (nSPS) is 11.0. The number of hydrogen-bond acceptors (Lipinski definition) is 5. The highest BCUT2D eigenvalue weighted by Gasteiger charge is 2.13. The number of oxazole rings is 1. The Morgan fingerprint density at radius 1 is 0.970 bits per heavy atom. The molecule has 0 aliphatic carbocycles. The van der Waals surface area contributed by atoms with Gasteiger partial charge in [0.15, 0.2) is 5.58 Å². The zero-order chi connectivity index (χ0) is 22.5. The number of carbonyl (C=O) groups is 1.